The largest absolute Gasteiger partial charge is 0.481 e. The van der Waals surface area contributed by atoms with E-state index in [1.807, 2.05) is 6.07 Å². The van der Waals surface area contributed by atoms with Gasteiger partial charge in [-0.05, 0) is 37.7 Å². The van der Waals surface area contributed by atoms with Gasteiger partial charge in [0, 0.05) is 6.42 Å². The third-order valence-corrected chi connectivity index (χ3v) is 5.55. The molecule has 0 heterocycles. The van der Waals surface area contributed by atoms with Gasteiger partial charge in [0.2, 0.25) is 0 Å². The zero-order valence-electron chi connectivity index (χ0n) is 19.4. The highest BCUT2D eigenvalue weighted by molar-refractivity contribution is 5.77. The third kappa shape index (κ3) is 14.5. The number of carboxylic acid groups (broad SMARTS) is 1. The summed E-state index contributed by atoms with van der Waals surface area (Å²) in [6, 6.07) is 8.91. The Labute approximate surface area is 189 Å². The fraction of sp³-hybridized carbons (Fsp3) is 0.630. The summed E-state index contributed by atoms with van der Waals surface area (Å²) in [4.78, 5) is 23.3. The van der Waals surface area contributed by atoms with Gasteiger partial charge >= 0.3 is 11.9 Å². The lowest BCUT2D eigenvalue weighted by atomic mass is 10.0. The van der Waals surface area contributed by atoms with E-state index in [0.717, 1.165) is 19.3 Å². The smallest absolute Gasteiger partial charge is 0.314 e. The van der Waals surface area contributed by atoms with Crippen LogP contribution in [0.5, 0.6) is 0 Å². The van der Waals surface area contributed by atoms with Gasteiger partial charge in [0.15, 0.2) is 0 Å². The van der Waals surface area contributed by atoms with E-state index in [2.05, 4.69) is 19.1 Å². The number of hydrogen-bond acceptors (Lipinski definition) is 3. The van der Waals surface area contributed by atoms with Crippen molar-refractivity contribution in [3.63, 3.8) is 0 Å². The topological polar surface area (TPSA) is 63.6 Å². The van der Waals surface area contributed by atoms with Crippen molar-refractivity contribution in [2.24, 2.45) is 0 Å². The first-order chi connectivity index (χ1) is 15.1. The number of ether oxygens (including phenoxy) is 1. The monoisotopic (exact) mass is 430 g/mol. The van der Waals surface area contributed by atoms with Gasteiger partial charge in [-0.15, -0.1) is 0 Å². The van der Waals surface area contributed by atoms with Crippen LogP contribution in [0, 0.1) is 0 Å². The Morgan fingerprint density at radius 3 is 1.97 bits per heavy atom. The second-order valence-electron chi connectivity index (χ2n) is 8.32. The molecule has 1 atom stereocenters. The van der Waals surface area contributed by atoms with Crippen molar-refractivity contribution in [2.75, 3.05) is 6.61 Å². The van der Waals surface area contributed by atoms with Crippen molar-refractivity contribution in [1.29, 1.82) is 0 Å². The molecule has 0 fully saturated rings. The molecule has 4 heteroatoms. The van der Waals surface area contributed by atoms with Gasteiger partial charge in [0.05, 0.1) is 0 Å². The lowest BCUT2D eigenvalue weighted by Crippen LogP contribution is -2.20. The highest BCUT2D eigenvalue weighted by Crippen LogP contribution is 2.17. The predicted octanol–water partition coefficient (Wildman–Crippen LogP) is 7.44. The molecule has 1 rings (SSSR count). The minimum atomic E-state index is -0.971. The van der Waals surface area contributed by atoms with Crippen molar-refractivity contribution in [3.05, 3.63) is 48.0 Å². The van der Waals surface area contributed by atoms with Crippen molar-refractivity contribution >= 4 is 11.9 Å². The third-order valence-electron chi connectivity index (χ3n) is 5.55. The summed E-state index contributed by atoms with van der Waals surface area (Å²) in [5.74, 6) is -2.08. The summed E-state index contributed by atoms with van der Waals surface area (Å²) in [6.45, 7) is 2.14. The molecule has 0 saturated heterocycles. The summed E-state index contributed by atoms with van der Waals surface area (Å²) in [6.07, 6.45) is 20.8. The number of benzene rings is 1. The normalized spacial score (nSPS) is 12.2. The average Bonchev–Trinajstić information content (AvgIpc) is 2.77. The average molecular weight is 431 g/mol. The summed E-state index contributed by atoms with van der Waals surface area (Å²) in [5.41, 5.74) is 0.658. The Balaban J connectivity index is 1.96. The lowest BCUT2D eigenvalue weighted by Gasteiger charge is -2.13. The Morgan fingerprint density at radius 1 is 0.839 bits per heavy atom. The number of allylic oxidation sites excluding steroid dienone is 2. The number of carboxylic acids is 1. The predicted molar refractivity (Wildman–Crippen MR) is 127 cm³/mol. The molecule has 0 aromatic heterocycles. The second kappa shape index (κ2) is 18.7. The SMILES string of the molecule is CCCCCC/C=C/CCCCCCCCCC(=O)OCC(C(=O)O)c1ccccc1. The molecule has 0 saturated carbocycles. The van der Waals surface area contributed by atoms with Gasteiger partial charge in [0.1, 0.15) is 12.5 Å². The van der Waals surface area contributed by atoms with Crippen LogP contribution in [0.15, 0.2) is 42.5 Å². The molecule has 0 radical (unpaired) electrons. The van der Waals surface area contributed by atoms with Crippen LogP contribution in [0.25, 0.3) is 0 Å². The molecule has 4 nitrogen and oxygen atoms in total. The maximum atomic E-state index is 11.9. The molecule has 0 aliphatic carbocycles. The van der Waals surface area contributed by atoms with E-state index in [4.69, 9.17) is 4.74 Å². The van der Waals surface area contributed by atoms with Crippen LogP contribution >= 0.6 is 0 Å². The number of unbranched alkanes of at least 4 members (excludes halogenated alkanes) is 11. The Bertz CT molecular complexity index is 609. The van der Waals surface area contributed by atoms with Gasteiger partial charge < -0.3 is 9.84 Å². The van der Waals surface area contributed by atoms with Crippen molar-refractivity contribution in [1.82, 2.24) is 0 Å². The number of carbonyl (C=O) groups excluding carboxylic acids is 1. The molecule has 0 bridgehead atoms. The number of rotatable bonds is 19. The number of hydrogen-bond donors (Lipinski definition) is 1. The van der Waals surface area contributed by atoms with E-state index in [-0.39, 0.29) is 12.6 Å². The molecular weight excluding hydrogens is 388 g/mol. The van der Waals surface area contributed by atoms with E-state index in [1.54, 1.807) is 24.3 Å². The lowest BCUT2D eigenvalue weighted by molar-refractivity contribution is -0.148. The Morgan fingerprint density at radius 2 is 1.39 bits per heavy atom. The van der Waals surface area contributed by atoms with E-state index in [0.29, 0.717) is 12.0 Å². The Hall–Kier alpha value is -2.10. The van der Waals surface area contributed by atoms with Gasteiger partial charge in [-0.25, -0.2) is 0 Å². The van der Waals surface area contributed by atoms with E-state index >= 15 is 0 Å². The van der Waals surface area contributed by atoms with E-state index in [9.17, 15) is 14.7 Å². The van der Waals surface area contributed by atoms with Crippen LogP contribution < -0.4 is 0 Å². The minimum Gasteiger partial charge on any atom is -0.481 e. The summed E-state index contributed by atoms with van der Waals surface area (Å²) < 4.78 is 5.21. The number of esters is 1. The highest BCUT2D eigenvalue weighted by Gasteiger charge is 2.21. The maximum absolute atomic E-state index is 11.9. The van der Waals surface area contributed by atoms with Crippen LogP contribution in [0.1, 0.15) is 108 Å². The first-order valence-electron chi connectivity index (χ1n) is 12.2. The Kier molecular flexibility index (Phi) is 16.2. The van der Waals surface area contributed by atoms with Crippen LogP contribution in [-0.2, 0) is 14.3 Å². The summed E-state index contributed by atoms with van der Waals surface area (Å²) in [5, 5.41) is 9.36. The van der Waals surface area contributed by atoms with Crippen LogP contribution in [0.4, 0.5) is 0 Å². The fourth-order valence-corrected chi connectivity index (χ4v) is 3.58. The molecule has 0 amide bonds. The molecule has 0 spiro atoms. The minimum absolute atomic E-state index is 0.106. The van der Waals surface area contributed by atoms with Gasteiger partial charge in [-0.1, -0.05) is 101 Å². The van der Waals surface area contributed by atoms with Gasteiger partial charge in [-0.3, -0.25) is 9.59 Å². The molecule has 31 heavy (non-hydrogen) atoms. The second-order valence-corrected chi connectivity index (χ2v) is 8.32. The molecular formula is C27H42O4. The first kappa shape index (κ1) is 26.9. The van der Waals surface area contributed by atoms with Crippen molar-refractivity contribution in [2.45, 2.75) is 103 Å². The molecule has 1 N–H and O–H groups in total. The van der Waals surface area contributed by atoms with E-state index in [1.165, 1.54) is 64.2 Å². The summed E-state index contributed by atoms with van der Waals surface area (Å²) in [7, 11) is 0. The maximum Gasteiger partial charge on any atom is 0.314 e. The number of aliphatic carboxylic acids is 1. The van der Waals surface area contributed by atoms with Crippen LogP contribution in [-0.4, -0.2) is 23.7 Å². The van der Waals surface area contributed by atoms with Crippen LogP contribution in [0.3, 0.4) is 0 Å². The zero-order chi connectivity index (χ0) is 22.6. The standard InChI is InChI=1S/C27H42O4/c1-2-3-4-5-6-7-8-9-10-11-12-13-14-15-19-22-26(28)31-23-25(27(29)30)24-20-17-16-18-21-24/h7-8,16-18,20-21,25H,2-6,9-15,19,22-23H2,1H3,(H,29,30)/b8-7+. The summed E-state index contributed by atoms with van der Waals surface area (Å²) >= 11 is 0. The highest BCUT2D eigenvalue weighted by atomic mass is 16.5. The molecule has 0 aliphatic heterocycles. The first-order valence-corrected chi connectivity index (χ1v) is 12.2. The molecule has 0 aliphatic rings. The molecule has 1 aromatic rings. The molecule has 174 valence electrons. The van der Waals surface area contributed by atoms with E-state index < -0.39 is 11.9 Å². The van der Waals surface area contributed by atoms with Crippen molar-refractivity contribution < 1.29 is 19.4 Å². The van der Waals surface area contributed by atoms with Gasteiger partial charge in [-0.2, -0.15) is 0 Å². The fourth-order valence-electron chi connectivity index (χ4n) is 3.58. The zero-order valence-corrected chi connectivity index (χ0v) is 19.4. The van der Waals surface area contributed by atoms with Gasteiger partial charge in [0.25, 0.3) is 0 Å². The number of carbonyl (C=O) groups is 2. The quantitative estimate of drug-likeness (QED) is 0.141. The van der Waals surface area contributed by atoms with Crippen LogP contribution in [0.2, 0.25) is 0 Å². The van der Waals surface area contributed by atoms with Crippen molar-refractivity contribution in [3.8, 4) is 0 Å². The molecule has 1 unspecified atom stereocenters. The molecule has 1 aromatic carbocycles.